The first-order valence-corrected chi connectivity index (χ1v) is 37.2. The number of rotatable bonds is 63. The normalized spacial score (nSPS) is 18.7. The van der Waals surface area contributed by atoms with Crippen molar-refractivity contribution in [2.75, 3.05) is 13.2 Å². The van der Waals surface area contributed by atoms with Gasteiger partial charge in [0.25, 0.3) is 0 Å². The van der Waals surface area contributed by atoms with Gasteiger partial charge in [-0.15, -0.1) is 0 Å². The molecule has 0 spiro atoms. The molecule has 1 amide bonds. The minimum Gasteiger partial charge on any atom is -0.454 e. The third kappa shape index (κ3) is 51.8. The Morgan fingerprint density at radius 2 is 0.800 bits per heavy atom. The third-order valence-electron chi connectivity index (χ3n) is 16.9. The summed E-state index contributed by atoms with van der Waals surface area (Å²) in [6.07, 6.45) is 79.8. The second kappa shape index (κ2) is 65.4. The number of amides is 1. The van der Waals surface area contributed by atoms with Crippen LogP contribution in [0.15, 0.2) is 109 Å². The standard InChI is InChI=1S/C79H137NO10/c1-4-7-10-13-16-19-22-25-27-29-31-33-35-36-37-38-39-41-43-45-47-49-52-55-58-61-64-67-74(84)90-77-76(86)75(85)73(68-81)89-79(77)88-69-70(71(82)65-62-59-56-53-50-24-21-18-15-12-9-6-3)80-78(87)72(83)66-63-60-57-54-51-48-46-44-42-40-34-32-30-28-26-23-20-17-14-11-8-5-2/h8,11,16-17,19-20,25-28,31-34,42,44,62,65,70-73,75-77,79,81-83,85-86H,4-7,9-10,12-15,18,21-24,29-30,35-41,43,45-61,63-64,66-69H2,1-3H3,(H,80,87)/b11-8-,19-16-,20-17-,27-25-,28-26-,33-31-,34-32-,44-42-,65-62+. The number of hydrogen-bond donors (Lipinski definition) is 6. The smallest absolute Gasteiger partial charge is 0.306 e. The fraction of sp³-hybridized carbons (Fsp3) is 0.747. The molecule has 0 aromatic carbocycles. The minimum absolute atomic E-state index is 0.117. The Morgan fingerprint density at radius 3 is 1.22 bits per heavy atom. The molecule has 11 heteroatoms. The quantitative estimate of drug-likeness (QED) is 0.0195. The summed E-state index contributed by atoms with van der Waals surface area (Å²) in [5.74, 6) is -1.20. The minimum atomic E-state index is -1.62. The zero-order chi connectivity index (χ0) is 65.3. The van der Waals surface area contributed by atoms with Gasteiger partial charge in [-0.1, -0.05) is 310 Å². The number of unbranched alkanes of at least 4 members (excludes halogenated alkanes) is 33. The number of esters is 1. The number of allylic oxidation sites excluding steroid dienone is 17. The van der Waals surface area contributed by atoms with Crippen molar-refractivity contribution in [2.45, 2.75) is 365 Å². The number of nitrogens with one attached hydrogen (secondary N) is 1. The molecule has 8 atom stereocenters. The highest BCUT2D eigenvalue weighted by atomic mass is 16.7. The van der Waals surface area contributed by atoms with Crippen molar-refractivity contribution in [3.63, 3.8) is 0 Å². The number of carbonyl (C=O) groups is 2. The highest BCUT2D eigenvalue weighted by Gasteiger charge is 2.47. The van der Waals surface area contributed by atoms with Gasteiger partial charge in [0.2, 0.25) is 5.91 Å². The van der Waals surface area contributed by atoms with Crippen molar-refractivity contribution < 1.29 is 49.3 Å². The largest absolute Gasteiger partial charge is 0.454 e. The van der Waals surface area contributed by atoms with E-state index in [9.17, 15) is 35.1 Å². The molecule has 0 bridgehead atoms. The number of carbonyl (C=O) groups excluding carboxylic acids is 2. The van der Waals surface area contributed by atoms with Gasteiger partial charge in [0.15, 0.2) is 12.4 Å². The lowest BCUT2D eigenvalue weighted by Crippen LogP contribution is -2.61. The maximum Gasteiger partial charge on any atom is 0.306 e. The summed E-state index contributed by atoms with van der Waals surface area (Å²) in [4.78, 5) is 26.7. The van der Waals surface area contributed by atoms with Gasteiger partial charge in [-0.05, 0) is 109 Å². The van der Waals surface area contributed by atoms with E-state index in [0.29, 0.717) is 12.8 Å². The molecule has 1 saturated heterocycles. The van der Waals surface area contributed by atoms with Crippen LogP contribution in [-0.2, 0) is 23.8 Å². The fourth-order valence-corrected chi connectivity index (χ4v) is 11.1. The van der Waals surface area contributed by atoms with Gasteiger partial charge in [0, 0.05) is 6.42 Å². The Labute approximate surface area is 551 Å². The topological polar surface area (TPSA) is 175 Å². The predicted octanol–water partition coefficient (Wildman–Crippen LogP) is 19.6. The lowest BCUT2D eigenvalue weighted by molar-refractivity contribution is -0.305. The van der Waals surface area contributed by atoms with Gasteiger partial charge in [0.05, 0.1) is 25.4 Å². The monoisotopic (exact) mass is 1260 g/mol. The van der Waals surface area contributed by atoms with E-state index < -0.39 is 67.4 Å². The van der Waals surface area contributed by atoms with E-state index in [2.05, 4.69) is 123 Å². The van der Waals surface area contributed by atoms with E-state index >= 15 is 0 Å². The molecule has 11 nitrogen and oxygen atoms in total. The molecule has 0 aromatic heterocycles. The molecule has 1 aliphatic heterocycles. The van der Waals surface area contributed by atoms with Crippen molar-refractivity contribution in [3.05, 3.63) is 109 Å². The molecule has 1 rings (SSSR count). The molecular formula is C79H137NO10. The molecule has 0 aliphatic carbocycles. The van der Waals surface area contributed by atoms with Crippen LogP contribution in [0.3, 0.4) is 0 Å². The van der Waals surface area contributed by atoms with Gasteiger partial charge in [-0.25, -0.2) is 0 Å². The van der Waals surface area contributed by atoms with Crippen LogP contribution >= 0.6 is 0 Å². The summed E-state index contributed by atoms with van der Waals surface area (Å²) in [6, 6.07) is -1.04. The van der Waals surface area contributed by atoms with Crippen molar-refractivity contribution in [2.24, 2.45) is 0 Å². The zero-order valence-electron chi connectivity index (χ0n) is 57.7. The lowest BCUT2D eigenvalue weighted by Gasteiger charge is -2.41. The van der Waals surface area contributed by atoms with E-state index in [1.54, 1.807) is 6.08 Å². The van der Waals surface area contributed by atoms with E-state index in [1.807, 2.05) is 6.08 Å². The summed E-state index contributed by atoms with van der Waals surface area (Å²) in [7, 11) is 0. The highest BCUT2D eigenvalue weighted by Crippen LogP contribution is 2.26. The van der Waals surface area contributed by atoms with Crippen LogP contribution in [0.5, 0.6) is 0 Å². The van der Waals surface area contributed by atoms with Gasteiger partial charge in [-0.3, -0.25) is 9.59 Å². The maximum atomic E-state index is 13.5. The van der Waals surface area contributed by atoms with Crippen LogP contribution in [0.1, 0.15) is 316 Å². The van der Waals surface area contributed by atoms with Crippen molar-refractivity contribution in [3.8, 4) is 0 Å². The van der Waals surface area contributed by atoms with Crippen LogP contribution in [-0.4, -0.2) is 99.6 Å². The SMILES string of the molecule is CC/C=C\C/C=C\C/C=C\C/C=C\C/C=C\CCCCCCCCC(O)C(=O)NC(COC1OC(CO)C(O)C(O)C1OC(=O)CCCCCCCCCCCCCCCC/C=C\C/C=C\C/C=C\CCCCC)C(O)/C=C/CCCCCCCCCCCC. The Balaban J connectivity index is 2.55. The highest BCUT2D eigenvalue weighted by molar-refractivity contribution is 5.80. The number of ether oxygens (including phenoxy) is 3. The first-order valence-electron chi connectivity index (χ1n) is 37.2. The Bertz CT molecular complexity index is 1890. The number of aliphatic hydroxyl groups excluding tert-OH is 5. The van der Waals surface area contributed by atoms with Gasteiger partial charge in [0.1, 0.15) is 24.4 Å². The average Bonchev–Trinajstić information content (AvgIpc) is 1.14. The molecular weight excluding hydrogens is 1120 g/mol. The van der Waals surface area contributed by atoms with Crippen LogP contribution in [0, 0.1) is 0 Å². The van der Waals surface area contributed by atoms with Gasteiger partial charge in [-0.2, -0.15) is 0 Å². The summed E-state index contributed by atoms with van der Waals surface area (Å²) in [6.45, 7) is 5.67. The number of aliphatic hydroxyl groups is 5. The summed E-state index contributed by atoms with van der Waals surface area (Å²) in [5, 5.41) is 57.3. The van der Waals surface area contributed by atoms with Crippen molar-refractivity contribution in [1.82, 2.24) is 5.32 Å². The van der Waals surface area contributed by atoms with Crippen LogP contribution < -0.4 is 5.32 Å². The number of hydrogen-bond acceptors (Lipinski definition) is 10. The predicted molar refractivity (Wildman–Crippen MR) is 379 cm³/mol. The third-order valence-corrected chi connectivity index (χ3v) is 16.9. The molecule has 1 heterocycles. The summed E-state index contributed by atoms with van der Waals surface area (Å²) in [5.41, 5.74) is 0. The summed E-state index contributed by atoms with van der Waals surface area (Å²) >= 11 is 0. The molecule has 6 N–H and O–H groups in total. The molecule has 8 unspecified atom stereocenters. The second-order valence-corrected chi connectivity index (χ2v) is 25.3. The lowest BCUT2D eigenvalue weighted by atomic mass is 9.99. The fourth-order valence-electron chi connectivity index (χ4n) is 11.1. The second-order valence-electron chi connectivity index (χ2n) is 25.3. The van der Waals surface area contributed by atoms with Gasteiger partial charge >= 0.3 is 5.97 Å². The molecule has 0 saturated carbocycles. The average molecular weight is 1260 g/mol. The van der Waals surface area contributed by atoms with Gasteiger partial charge < -0.3 is 45.1 Å². The molecule has 90 heavy (non-hydrogen) atoms. The molecule has 1 aliphatic rings. The Morgan fingerprint density at radius 1 is 0.444 bits per heavy atom. The Kier molecular flexibility index (Phi) is 61.3. The van der Waals surface area contributed by atoms with E-state index in [1.165, 1.54) is 148 Å². The first-order chi connectivity index (χ1) is 44.2. The van der Waals surface area contributed by atoms with E-state index in [4.69, 9.17) is 14.2 Å². The Hall–Kier alpha value is -3.68. The van der Waals surface area contributed by atoms with E-state index in [-0.39, 0.29) is 19.4 Å². The zero-order valence-corrected chi connectivity index (χ0v) is 57.7. The van der Waals surface area contributed by atoms with Crippen molar-refractivity contribution in [1.29, 1.82) is 0 Å². The molecule has 0 radical (unpaired) electrons. The van der Waals surface area contributed by atoms with Crippen LogP contribution in [0.25, 0.3) is 0 Å². The van der Waals surface area contributed by atoms with Crippen LogP contribution in [0.2, 0.25) is 0 Å². The molecule has 1 fully saturated rings. The first kappa shape index (κ1) is 84.3. The molecule has 0 aromatic rings. The molecule has 518 valence electrons. The van der Waals surface area contributed by atoms with E-state index in [0.717, 1.165) is 122 Å². The van der Waals surface area contributed by atoms with Crippen molar-refractivity contribution >= 4 is 11.9 Å². The summed E-state index contributed by atoms with van der Waals surface area (Å²) < 4.78 is 17.7. The maximum absolute atomic E-state index is 13.5. The van der Waals surface area contributed by atoms with Crippen LogP contribution in [0.4, 0.5) is 0 Å².